The van der Waals surface area contributed by atoms with Crippen molar-refractivity contribution in [3.63, 3.8) is 0 Å². The smallest absolute Gasteiger partial charge is 0.270 e. The number of imidazole rings is 1. The number of hydrogen-bond donors (Lipinski definition) is 3. The van der Waals surface area contributed by atoms with Gasteiger partial charge < -0.3 is 25.0 Å². The number of amides is 5. The number of anilines is 2. The number of piperidine rings is 3. The standard InChI is InChI=1S/C42H49N11O5/c1-25-4-2-6-31(47-25)39(55)48-28-20-29(21-28)52-24-46-36-37(44-23-45-38(36)52)43-15-10-26-11-16-50(17-12-26)22-27-13-18-51(19-14-27)32-7-3-5-30-35(32)42(58)53(41(30)57)33-8-9-34(54)49-40(33)56/h2-7,23-24,26-29,33H,8-22H2,1H3,(H,48,55)(H,43,44,45)(H,49,54,56). The van der Waals surface area contributed by atoms with Gasteiger partial charge in [0.15, 0.2) is 11.5 Å². The van der Waals surface area contributed by atoms with E-state index in [9.17, 15) is 24.0 Å². The Morgan fingerprint density at radius 2 is 1.66 bits per heavy atom. The number of carbonyl (C=O) groups excluding carboxylic acids is 5. The SMILES string of the molecule is Cc1cccc(C(=O)NC2CC(n3cnc4c(NCCC5CCN(CC6CCN(c7cccc8c7C(=O)N(C7CCC(=O)NC7=O)C8=O)CC6)CC5)ncnc43)C2)n1. The number of rotatable bonds is 11. The number of aromatic nitrogens is 5. The minimum atomic E-state index is -0.969. The average molecular weight is 788 g/mol. The van der Waals surface area contributed by atoms with Crippen LogP contribution in [-0.4, -0.2) is 115 Å². The zero-order chi connectivity index (χ0) is 39.9. The van der Waals surface area contributed by atoms with Gasteiger partial charge in [-0.25, -0.2) is 19.9 Å². The molecule has 0 bridgehead atoms. The van der Waals surface area contributed by atoms with Crippen molar-refractivity contribution in [1.29, 1.82) is 0 Å². The molecule has 1 aliphatic carbocycles. The molecule has 5 aliphatic rings. The van der Waals surface area contributed by atoms with Crippen LogP contribution in [0.15, 0.2) is 49.1 Å². The van der Waals surface area contributed by atoms with Crippen LogP contribution in [0.4, 0.5) is 11.5 Å². The van der Waals surface area contributed by atoms with Gasteiger partial charge in [0.2, 0.25) is 11.8 Å². The molecular weight excluding hydrogens is 739 g/mol. The molecular formula is C42H49N11O5. The lowest BCUT2D eigenvalue weighted by Crippen LogP contribution is -2.54. The van der Waals surface area contributed by atoms with Crippen molar-refractivity contribution in [2.75, 3.05) is 49.5 Å². The number of pyridine rings is 1. The van der Waals surface area contributed by atoms with Crippen LogP contribution in [-0.2, 0) is 9.59 Å². The lowest BCUT2D eigenvalue weighted by atomic mass is 9.86. The summed E-state index contributed by atoms with van der Waals surface area (Å²) < 4.78 is 2.10. The maximum Gasteiger partial charge on any atom is 0.270 e. The number of benzene rings is 1. The molecule has 0 spiro atoms. The first kappa shape index (κ1) is 37.8. The van der Waals surface area contributed by atoms with E-state index >= 15 is 0 Å². The van der Waals surface area contributed by atoms with Crippen LogP contribution in [0, 0.1) is 18.8 Å². The molecule has 302 valence electrons. The van der Waals surface area contributed by atoms with Gasteiger partial charge in [-0.15, -0.1) is 0 Å². The predicted octanol–water partition coefficient (Wildman–Crippen LogP) is 3.50. The van der Waals surface area contributed by atoms with Crippen molar-refractivity contribution >= 4 is 52.2 Å². The molecule has 16 nitrogen and oxygen atoms in total. The molecule has 3 N–H and O–H groups in total. The molecule has 9 rings (SSSR count). The fourth-order valence-electron chi connectivity index (χ4n) is 9.44. The van der Waals surface area contributed by atoms with Crippen molar-refractivity contribution in [3.05, 3.63) is 71.6 Å². The summed E-state index contributed by atoms with van der Waals surface area (Å²) in [4.78, 5) is 87.8. The molecule has 0 radical (unpaired) electrons. The van der Waals surface area contributed by atoms with Crippen molar-refractivity contribution in [1.82, 2.24) is 44.9 Å². The van der Waals surface area contributed by atoms with Gasteiger partial charge in [-0.1, -0.05) is 12.1 Å². The third kappa shape index (κ3) is 7.40. The lowest BCUT2D eigenvalue weighted by Gasteiger charge is -2.38. The van der Waals surface area contributed by atoms with Crippen LogP contribution in [0.3, 0.4) is 0 Å². The van der Waals surface area contributed by atoms with Crippen LogP contribution >= 0.6 is 0 Å². The molecule has 58 heavy (non-hydrogen) atoms. The Morgan fingerprint density at radius 3 is 2.43 bits per heavy atom. The lowest BCUT2D eigenvalue weighted by molar-refractivity contribution is -0.136. The molecule has 5 amide bonds. The predicted molar refractivity (Wildman–Crippen MR) is 214 cm³/mol. The summed E-state index contributed by atoms with van der Waals surface area (Å²) in [6.45, 7) is 7.50. The highest BCUT2D eigenvalue weighted by Gasteiger charge is 2.46. The van der Waals surface area contributed by atoms with Gasteiger partial charge in [-0.3, -0.25) is 34.2 Å². The molecule has 1 unspecified atom stereocenters. The summed E-state index contributed by atoms with van der Waals surface area (Å²) in [5.74, 6) is -0.0904. The highest BCUT2D eigenvalue weighted by atomic mass is 16.2. The number of nitrogens with one attached hydrogen (secondary N) is 3. The Kier molecular flexibility index (Phi) is 10.3. The van der Waals surface area contributed by atoms with Crippen LogP contribution in [0.5, 0.6) is 0 Å². The summed E-state index contributed by atoms with van der Waals surface area (Å²) in [5.41, 5.74) is 4.28. The number of nitrogens with zero attached hydrogens (tertiary/aromatic N) is 8. The van der Waals surface area contributed by atoms with Gasteiger partial charge in [0, 0.05) is 50.4 Å². The van der Waals surface area contributed by atoms with Crippen molar-refractivity contribution in [2.45, 2.75) is 82.8 Å². The van der Waals surface area contributed by atoms with E-state index in [2.05, 4.69) is 50.3 Å². The van der Waals surface area contributed by atoms with Crippen molar-refractivity contribution in [2.24, 2.45) is 11.8 Å². The molecule has 1 atom stereocenters. The molecule has 3 saturated heterocycles. The van der Waals surface area contributed by atoms with E-state index in [-0.39, 0.29) is 36.7 Å². The van der Waals surface area contributed by atoms with Crippen molar-refractivity contribution < 1.29 is 24.0 Å². The third-order valence-corrected chi connectivity index (χ3v) is 12.8. The second kappa shape index (κ2) is 15.9. The second-order valence-corrected chi connectivity index (χ2v) is 16.5. The van der Waals surface area contributed by atoms with E-state index in [0.717, 1.165) is 117 Å². The first-order chi connectivity index (χ1) is 28.2. The topological polar surface area (TPSA) is 188 Å². The van der Waals surface area contributed by atoms with Gasteiger partial charge in [0.1, 0.15) is 23.6 Å². The molecule has 3 aromatic heterocycles. The van der Waals surface area contributed by atoms with E-state index < -0.39 is 23.8 Å². The van der Waals surface area contributed by atoms with Gasteiger partial charge in [-0.05, 0) is 107 Å². The van der Waals surface area contributed by atoms with Crippen LogP contribution in [0.25, 0.3) is 11.2 Å². The van der Waals surface area contributed by atoms with Crippen LogP contribution < -0.4 is 20.9 Å². The zero-order valence-electron chi connectivity index (χ0n) is 32.7. The van der Waals surface area contributed by atoms with Gasteiger partial charge in [0.25, 0.3) is 17.7 Å². The Bertz CT molecular complexity index is 2250. The maximum absolute atomic E-state index is 13.6. The minimum Gasteiger partial charge on any atom is -0.371 e. The van der Waals surface area contributed by atoms with E-state index in [1.807, 2.05) is 37.5 Å². The molecule has 4 aliphatic heterocycles. The molecule has 4 aromatic rings. The maximum atomic E-state index is 13.6. The fraction of sp³-hybridized carbons (Fsp3) is 0.500. The Balaban J connectivity index is 0.710. The summed E-state index contributed by atoms with van der Waals surface area (Å²) in [5, 5.41) is 8.91. The van der Waals surface area contributed by atoms with Gasteiger partial charge in [-0.2, -0.15) is 0 Å². The zero-order valence-corrected chi connectivity index (χ0v) is 32.7. The van der Waals surface area contributed by atoms with E-state index in [1.165, 1.54) is 0 Å². The summed E-state index contributed by atoms with van der Waals surface area (Å²) in [6.07, 6.45) is 10.7. The summed E-state index contributed by atoms with van der Waals surface area (Å²) in [7, 11) is 0. The monoisotopic (exact) mass is 787 g/mol. The van der Waals surface area contributed by atoms with E-state index in [4.69, 9.17) is 0 Å². The highest BCUT2D eigenvalue weighted by Crippen LogP contribution is 2.37. The third-order valence-electron chi connectivity index (χ3n) is 12.8. The fourth-order valence-corrected chi connectivity index (χ4v) is 9.44. The average Bonchev–Trinajstić information content (AvgIpc) is 3.75. The first-order valence-corrected chi connectivity index (χ1v) is 20.7. The molecule has 1 saturated carbocycles. The number of hydrogen-bond acceptors (Lipinski definition) is 12. The van der Waals surface area contributed by atoms with Crippen LogP contribution in [0.1, 0.15) is 101 Å². The quantitative estimate of drug-likeness (QED) is 0.188. The van der Waals surface area contributed by atoms with Crippen molar-refractivity contribution in [3.8, 4) is 0 Å². The number of aryl methyl sites for hydroxylation is 1. The normalized spacial score (nSPS) is 23.2. The Morgan fingerprint density at radius 1 is 0.879 bits per heavy atom. The molecule has 1 aromatic carbocycles. The van der Waals surface area contributed by atoms with Crippen LogP contribution in [0.2, 0.25) is 0 Å². The minimum absolute atomic E-state index is 0.0852. The molecule has 4 fully saturated rings. The largest absolute Gasteiger partial charge is 0.371 e. The van der Waals surface area contributed by atoms with E-state index in [1.54, 1.807) is 18.5 Å². The molecule has 7 heterocycles. The van der Waals surface area contributed by atoms with E-state index in [0.29, 0.717) is 28.7 Å². The van der Waals surface area contributed by atoms with Gasteiger partial charge >= 0.3 is 0 Å². The summed E-state index contributed by atoms with van der Waals surface area (Å²) in [6, 6.07) is 10.2. The Hall–Kier alpha value is -5.77. The Labute approximate surface area is 336 Å². The second-order valence-electron chi connectivity index (χ2n) is 16.5. The number of carbonyl (C=O) groups is 5. The van der Waals surface area contributed by atoms with Gasteiger partial charge in [0.05, 0.1) is 23.1 Å². The number of imide groups is 2. The number of likely N-dealkylation sites (tertiary alicyclic amines) is 1. The first-order valence-electron chi connectivity index (χ1n) is 20.7. The summed E-state index contributed by atoms with van der Waals surface area (Å²) >= 11 is 0. The molecule has 16 heteroatoms. The number of fused-ring (bicyclic) bond motifs is 2. The highest BCUT2D eigenvalue weighted by molar-refractivity contribution is 6.25.